The van der Waals surface area contributed by atoms with Gasteiger partial charge in [-0.05, 0) is 38.4 Å². The number of hydrogen-bond donors (Lipinski definition) is 1. The molecule has 142 valence electrons. The van der Waals surface area contributed by atoms with Crippen molar-refractivity contribution in [3.63, 3.8) is 0 Å². The van der Waals surface area contributed by atoms with Crippen LogP contribution in [0.2, 0.25) is 5.02 Å². The molecule has 1 amide bonds. The fourth-order valence-corrected chi connectivity index (χ4v) is 2.87. The summed E-state index contributed by atoms with van der Waals surface area (Å²) in [5, 5.41) is 3.37. The molecular weight excluding hydrogens is 375 g/mol. The first-order chi connectivity index (χ1) is 12.0. The maximum absolute atomic E-state index is 12.4. The Labute approximate surface area is 165 Å². The number of ether oxygens (including phenoxy) is 2. The average Bonchev–Trinajstić information content (AvgIpc) is 2.61. The lowest BCUT2D eigenvalue weighted by atomic mass is 10.0. The average molecular weight is 399 g/mol. The van der Waals surface area contributed by atoms with Crippen LogP contribution in [0, 0.1) is 0 Å². The highest BCUT2D eigenvalue weighted by Crippen LogP contribution is 2.28. The molecule has 2 aromatic rings. The number of likely N-dealkylation sites (N-methyl/N-ethyl adjacent to an activating group) is 1. The number of carbonyl (C=O) groups is 1. The zero-order chi connectivity index (χ0) is 18.4. The van der Waals surface area contributed by atoms with E-state index in [-0.39, 0.29) is 24.4 Å². The molecule has 7 heteroatoms. The smallest absolute Gasteiger partial charge is 0.251 e. The molecule has 0 aromatic heterocycles. The Kier molecular flexibility index (Phi) is 8.72. The van der Waals surface area contributed by atoms with Gasteiger partial charge in [0.1, 0.15) is 11.5 Å². The van der Waals surface area contributed by atoms with Crippen LogP contribution in [0.5, 0.6) is 11.5 Å². The first kappa shape index (κ1) is 22.1. The SMILES string of the molecule is COc1ccc(C(=O)NCC(c2ccccc2OC)N(C)C)cc1Cl.Cl. The molecule has 0 radical (unpaired) electrons. The molecule has 0 aliphatic heterocycles. The van der Waals surface area contributed by atoms with Gasteiger partial charge >= 0.3 is 0 Å². The fraction of sp³-hybridized carbons (Fsp3) is 0.316. The van der Waals surface area contributed by atoms with E-state index in [0.29, 0.717) is 22.9 Å². The summed E-state index contributed by atoms with van der Waals surface area (Å²) < 4.78 is 10.5. The third-order valence-corrected chi connectivity index (χ3v) is 4.29. The monoisotopic (exact) mass is 398 g/mol. The van der Waals surface area contributed by atoms with Crippen LogP contribution >= 0.6 is 24.0 Å². The summed E-state index contributed by atoms with van der Waals surface area (Å²) in [6, 6.07) is 12.7. The number of rotatable bonds is 7. The van der Waals surface area contributed by atoms with Crippen LogP contribution in [0.3, 0.4) is 0 Å². The number of methoxy groups -OCH3 is 2. The Balaban J connectivity index is 0.00000338. The van der Waals surface area contributed by atoms with Crippen LogP contribution in [-0.4, -0.2) is 45.7 Å². The van der Waals surface area contributed by atoms with Gasteiger partial charge in [-0.3, -0.25) is 4.79 Å². The predicted octanol–water partition coefficient (Wildman–Crippen LogP) is 3.81. The molecule has 0 heterocycles. The van der Waals surface area contributed by atoms with Crippen molar-refractivity contribution in [1.29, 1.82) is 0 Å². The van der Waals surface area contributed by atoms with Crippen molar-refractivity contribution in [2.45, 2.75) is 6.04 Å². The predicted molar refractivity (Wildman–Crippen MR) is 107 cm³/mol. The zero-order valence-electron chi connectivity index (χ0n) is 15.3. The van der Waals surface area contributed by atoms with Crippen molar-refractivity contribution in [3.8, 4) is 11.5 Å². The van der Waals surface area contributed by atoms with Gasteiger partial charge in [0, 0.05) is 17.7 Å². The van der Waals surface area contributed by atoms with Crippen molar-refractivity contribution in [3.05, 3.63) is 58.6 Å². The number of para-hydroxylation sites is 1. The molecule has 2 aromatic carbocycles. The Morgan fingerprint density at radius 1 is 1.12 bits per heavy atom. The molecule has 2 rings (SSSR count). The normalized spacial score (nSPS) is 11.5. The molecule has 0 aliphatic rings. The van der Waals surface area contributed by atoms with Gasteiger partial charge in [-0.1, -0.05) is 29.8 Å². The van der Waals surface area contributed by atoms with Gasteiger partial charge in [0.05, 0.1) is 25.3 Å². The van der Waals surface area contributed by atoms with Crippen molar-refractivity contribution in [2.24, 2.45) is 0 Å². The summed E-state index contributed by atoms with van der Waals surface area (Å²) in [6.07, 6.45) is 0. The summed E-state index contributed by atoms with van der Waals surface area (Å²) >= 11 is 6.09. The van der Waals surface area contributed by atoms with Crippen molar-refractivity contribution in [1.82, 2.24) is 10.2 Å². The quantitative estimate of drug-likeness (QED) is 0.769. The van der Waals surface area contributed by atoms with Crippen molar-refractivity contribution < 1.29 is 14.3 Å². The molecule has 26 heavy (non-hydrogen) atoms. The first-order valence-electron chi connectivity index (χ1n) is 7.89. The lowest BCUT2D eigenvalue weighted by molar-refractivity contribution is 0.0941. The van der Waals surface area contributed by atoms with Crippen LogP contribution in [-0.2, 0) is 0 Å². The number of carbonyl (C=O) groups excluding carboxylic acids is 1. The molecule has 0 aliphatic carbocycles. The standard InChI is InChI=1S/C19H23ClN2O3.ClH/c1-22(2)16(14-7-5-6-8-17(14)24-3)12-21-19(23)13-9-10-18(25-4)15(20)11-13;/h5-11,16H,12H2,1-4H3,(H,21,23);1H. The topological polar surface area (TPSA) is 50.8 Å². The van der Waals surface area contributed by atoms with E-state index in [9.17, 15) is 4.79 Å². The minimum absolute atomic E-state index is 0. The van der Waals surface area contributed by atoms with E-state index < -0.39 is 0 Å². The second-order valence-electron chi connectivity index (χ2n) is 5.78. The third-order valence-electron chi connectivity index (χ3n) is 3.99. The molecule has 1 N–H and O–H groups in total. The molecule has 0 bridgehead atoms. The minimum atomic E-state index is -0.189. The summed E-state index contributed by atoms with van der Waals surface area (Å²) in [6.45, 7) is 0.440. The summed E-state index contributed by atoms with van der Waals surface area (Å²) in [7, 11) is 7.11. The Hall–Kier alpha value is -1.95. The van der Waals surface area contributed by atoms with E-state index in [2.05, 4.69) is 5.32 Å². The number of hydrogen-bond acceptors (Lipinski definition) is 4. The number of benzene rings is 2. The number of nitrogens with zero attached hydrogens (tertiary/aromatic N) is 1. The second-order valence-corrected chi connectivity index (χ2v) is 6.19. The van der Waals surface area contributed by atoms with Crippen molar-refractivity contribution >= 4 is 29.9 Å². The van der Waals surface area contributed by atoms with E-state index in [1.165, 1.54) is 7.11 Å². The largest absolute Gasteiger partial charge is 0.496 e. The third kappa shape index (κ3) is 5.27. The van der Waals surface area contributed by atoms with Crippen LogP contribution in [0.4, 0.5) is 0 Å². The van der Waals surface area contributed by atoms with Gasteiger partial charge in [-0.25, -0.2) is 0 Å². The summed E-state index contributed by atoms with van der Waals surface area (Å²) in [5.41, 5.74) is 1.51. The van der Waals surface area contributed by atoms with Crippen LogP contribution in [0.15, 0.2) is 42.5 Å². The number of halogens is 2. The lowest BCUT2D eigenvalue weighted by Gasteiger charge is -2.26. The van der Waals surface area contributed by atoms with E-state index in [1.807, 2.05) is 43.3 Å². The Morgan fingerprint density at radius 2 is 1.77 bits per heavy atom. The molecule has 0 saturated heterocycles. The maximum Gasteiger partial charge on any atom is 0.251 e. The van der Waals surface area contributed by atoms with E-state index in [1.54, 1.807) is 25.3 Å². The van der Waals surface area contributed by atoms with Gasteiger partial charge in [0.2, 0.25) is 0 Å². The molecule has 1 atom stereocenters. The molecule has 0 fully saturated rings. The lowest BCUT2D eigenvalue weighted by Crippen LogP contribution is -2.34. The number of nitrogens with one attached hydrogen (secondary N) is 1. The minimum Gasteiger partial charge on any atom is -0.496 e. The van der Waals surface area contributed by atoms with E-state index in [4.69, 9.17) is 21.1 Å². The first-order valence-corrected chi connectivity index (χ1v) is 8.26. The highest BCUT2D eigenvalue weighted by Gasteiger charge is 2.19. The van der Waals surface area contributed by atoms with Crippen LogP contribution in [0.1, 0.15) is 22.0 Å². The highest BCUT2D eigenvalue weighted by atomic mass is 35.5. The van der Waals surface area contributed by atoms with Crippen LogP contribution < -0.4 is 14.8 Å². The molecule has 0 saturated carbocycles. The van der Waals surface area contributed by atoms with Gasteiger partial charge < -0.3 is 19.7 Å². The van der Waals surface area contributed by atoms with Gasteiger partial charge in [-0.15, -0.1) is 12.4 Å². The zero-order valence-corrected chi connectivity index (χ0v) is 16.9. The molecule has 5 nitrogen and oxygen atoms in total. The number of amides is 1. The Morgan fingerprint density at radius 3 is 2.35 bits per heavy atom. The summed E-state index contributed by atoms with van der Waals surface area (Å²) in [5.74, 6) is 1.15. The van der Waals surface area contributed by atoms with Crippen LogP contribution in [0.25, 0.3) is 0 Å². The van der Waals surface area contributed by atoms with E-state index >= 15 is 0 Å². The molecular formula is C19H24Cl2N2O3. The fourth-order valence-electron chi connectivity index (χ4n) is 2.61. The molecule has 1 unspecified atom stereocenters. The maximum atomic E-state index is 12.4. The molecule has 0 spiro atoms. The van der Waals surface area contributed by atoms with Gasteiger partial charge in [0.15, 0.2) is 0 Å². The van der Waals surface area contributed by atoms with Gasteiger partial charge in [0.25, 0.3) is 5.91 Å². The van der Waals surface area contributed by atoms with Crippen molar-refractivity contribution in [2.75, 3.05) is 34.9 Å². The van der Waals surface area contributed by atoms with E-state index in [0.717, 1.165) is 11.3 Å². The van der Waals surface area contributed by atoms with Gasteiger partial charge in [-0.2, -0.15) is 0 Å². The Bertz CT molecular complexity index is 738. The highest BCUT2D eigenvalue weighted by molar-refractivity contribution is 6.32. The second kappa shape index (κ2) is 10.3. The summed E-state index contributed by atoms with van der Waals surface area (Å²) in [4.78, 5) is 14.5.